The molecule has 0 aliphatic heterocycles. The Labute approximate surface area is 145 Å². The van der Waals surface area contributed by atoms with Crippen molar-refractivity contribution in [2.24, 2.45) is 0 Å². The van der Waals surface area contributed by atoms with Crippen LogP contribution in [-0.2, 0) is 4.79 Å². The van der Waals surface area contributed by atoms with Crippen LogP contribution in [0.15, 0.2) is 42.5 Å². The van der Waals surface area contributed by atoms with E-state index in [4.69, 9.17) is 27.9 Å². The van der Waals surface area contributed by atoms with Crippen LogP contribution >= 0.6 is 23.2 Å². The van der Waals surface area contributed by atoms with E-state index in [-0.39, 0.29) is 18.5 Å². The highest BCUT2D eigenvalue weighted by Gasteiger charge is 2.11. The number of carbonyl (C=O) groups is 1. The molecule has 23 heavy (non-hydrogen) atoms. The van der Waals surface area contributed by atoms with Crippen molar-refractivity contribution in [1.82, 2.24) is 5.32 Å². The van der Waals surface area contributed by atoms with Crippen molar-refractivity contribution in [3.63, 3.8) is 0 Å². The summed E-state index contributed by atoms with van der Waals surface area (Å²) in [7, 11) is 1.58. The summed E-state index contributed by atoms with van der Waals surface area (Å²) in [6.07, 6.45) is 0. The summed E-state index contributed by atoms with van der Waals surface area (Å²) in [5.41, 5.74) is 1.58. The van der Waals surface area contributed by atoms with E-state index in [1.165, 1.54) is 0 Å². The number of carbonyl (C=O) groups excluding carboxylic acids is 1. The van der Waals surface area contributed by atoms with Gasteiger partial charge in [0.15, 0.2) is 0 Å². The molecule has 2 N–H and O–H groups in total. The monoisotopic (exact) mass is 352 g/mol. The highest BCUT2D eigenvalue weighted by atomic mass is 35.5. The lowest BCUT2D eigenvalue weighted by Crippen LogP contribution is -2.30. The Morgan fingerprint density at radius 2 is 2.00 bits per heavy atom. The van der Waals surface area contributed by atoms with Crippen LogP contribution in [0, 0.1) is 0 Å². The second kappa shape index (κ2) is 8.20. The van der Waals surface area contributed by atoms with E-state index in [0.717, 1.165) is 5.56 Å². The van der Waals surface area contributed by atoms with Gasteiger partial charge in [0.2, 0.25) is 5.91 Å². The number of methoxy groups -OCH3 is 1. The molecule has 0 radical (unpaired) electrons. The lowest BCUT2D eigenvalue weighted by Gasteiger charge is -2.16. The van der Waals surface area contributed by atoms with E-state index in [9.17, 15) is 4.79 Å². The van der Waals surface area contributed by atoms with Crippen LogP contribution in [0.2, 0.25) is 10.0 Å². The lowest BCUT2D eigenvalue weighted by molar-refractivity contribution is -0.115. The Balaban J connectivity index is 1.90. The summed E-state index contributed by atoms with van der Waals surface area (Å²) in [6.45, 7) is 2.10. The standard InChI is InChI=1S/C17H18Cl2N2O2/c1-11(15-7-6-12(18)8-16(15)19)20-10-17(22)21-13-4-3-5-14(9-13)23-2/h3-9,11,20H,10H2,1-2H3,(H,21,22)/t11-/m0/s1. The molecule has 0 saturated heterocycles. The molecule has 4 nitrogen and oxygen atoms in total. The third-order valence-electron chi connectivity index (χ3n) is 3.35. The van der Waals surface area contributed by atoms with Crippen molar-refractivity contribution in [2.45, 2.75) is 13.0 Å². The van der Waals surface area contributed by atoms with Gasteiger partial charge in [-0.15, -0.1) is 0 Å². The summed E-state index contributed by atoms with van der Waals surface area (Å²) in [5.74, 6) is 0.548. The molecule has 122 valence electrons. The maximum absolute atomic E-state index is 12.0. The fourth-order valence-electron chi connectivity index (χ4n) is 2.11. The van der Waals surface area contributed by atoms with Crippen LogP contribution < -0.4 is 15.4 Å². The molecule has 2 aromatic carbocycles. The largest absolute Gasteiger partial charge is 0.497 e. The first-order chi connectivity index (χ1) is 11.0. The van der Waals surface area contributed by atoms with Gasteiger partial charge in [-0.3, -0.25) is 4.79 Å². The van der Waals surface area contributed by atoms with Crippen LogP contribution in [0.25, 0.3) is 0 Å². The van der Waals surface area contributed by atoms with Crippen LogP contribution in [0.4, 0.5) is 5.69 Å². The quantitative estimate of drug-likeness (QED) is 0.815. The van der Waals surface area contributed by atoms with Gasteiger partial charge in [0.25, 0.3) is 0 Å². The molecule has 0 aliphatic rings. The van der Waals surface area contributed by atoms with Gasteiger partial charge in [0, 0.05) is 27.8 Å². The second-order valence-electron chi connectivity index (χ2n) is 5.05. The molecule has 0 aliphatic carbocycles. The van der Waals surface area contributed by atoms with Gasteiger partial charge < -0.3 is 15.4 Å². The van der Waals surface area contributed by atoms with E-state index in [0.29, 0.717) is 21.5 Å². The first-order valence-electron chi connectivity index (χ1n) is 7.12. The molecule has 6 heteroatoms. The fraction of sp³-hybridized carbons (Fsp3) is 0.235. The Morgan fingerprint density at radius 3 is 2.70 bits per heavy atom. The van der Waals surface area contributed by atoms with Crippen LogP contribution in [-0.4, -0.2) is 19.6 Å². The molecule has 0 aromatic heterocycles. The summed E-state index contributed by atoms with van der Waals surface area (Å²) in [5, 5.41) is 7.11. The number of ether oxygens (including phenoxy) is 1. The van der Waals surface area contributed by atoms with Gasteiger partial charge in [0.1, 0.15) is 5.75 Å². The number of benzene rings is 2. The summed E-state index contributed by atoms with van der Waals surface area (Å²) >= 11 is 12.0. The molecule has 0 spiro atoms. The Morgan fingerprint density at radius 1 is 1.22 bits per heavy atom. The van der Waals surface area contributed by atoms with Gasteiger partial charge >= 0.3 is 0 Å². The first-order valence-corrected chi connectivity index (χ1v) is 7.87. The highest BCUT2D eigenvalue weighted by molar-refractivity contribution is 6.35. The zero-order chi connectivity index (χ0) is 16.8. The average molecular weight is 353 g/mol. The maximum Gasteiger partial charge on any atom is 0.238 e. The highest BCUT2D eigenvalue weighted by Crippen LogP contribution is 2.26. The molecule has 1 amide bonds. The number of hydrogen-bond acceptors (Lipinski definition) is 3. The lowest BCUT2D eigenvalue weighted by atomic mass is 10.1. The van der Waals surface area contributed by atoms with Gasteiger partial charge in [-0.1, -0.05) is 35.3 Å². The van der Waals surface area contributed by atoms with E-state index < -0.39 is 0 Å². The Bertz CT molecular complexity index is 692. The molecule has 0 heterocycles. The molecule has 0 bridgehead atoms. The first kappa shape index (κ1) is 17.6. The Hall–Kier alpha value is -1.75. The maximum atomic E-state index is 12.0. The predicted octanol–water partition coefficient (Wildman–Crippen LogP) is 4.29. The number of anilines is 1. The van der Waals surface area contributed by atoms with Crippen LogP contribution in [0.1, 0.15) is 18.5 Å². The van der Waals surface area contributed by atoms with Crippen molar-refractivity contribution in [1.29, 1.82) is 0 Å². The molecule has 0 saturated carbocycles. The Kier molecular flexibility index (Phi) is 6.28. The molecule has 2 rings (SSSR count). The van der Waals surface area contributed by atoms with Crippen molar-refractivity contribution >= 4 is 34.8 Å². The minimum absolute atomic E-state index is 0.0733. The molecular formula is C17H18Cl2N2O2. The van der Waals surface area contributed by atoms with E-state index in [1.807, 2.05) is 25.1 Å². The number of hydrogen-bond donors (Lipinski definition) is 2. The van der Waals surface area contributed by atoms with Gasteiger partial charge in [-0.05, 0) is 36.8 Å². The van der Waals surface area contributed by atoms with Gasteiger partial charge in [-0.2, -0.15) is 0 Å². The van der Waals surface area contributed by atoms with Gasteiger partial charge in [0.05, 0.1) is 13.7 Å². The molecule has 1 atom stereocenters. The third kappa shape index (κ3) is 5.13. The SMILES string of the molecule is COc1cccc(NC(=O)CN[C@@H](C)c2ccc(Cl)cc2Cl)c1. The molecule has 0 unspecified atom stereocenters. The van der Waals surface area contributed by atoms with Crippen molar-refractivity contribution in [3.8, 4) is 5.75 Å². The van der Waals surface area contributed by atoms with E-state index >= 15 is 0 Å². The second-order valence-corrected chi connectivity index (χ2v) is 5.89. The summed E-state index contributed by atoms with van der Waals surface area (Å²) in [4.78, 5) is 12.0. The number of rotatable bonds is 6. The van der Waals surface area contributed by atoms with Crippen LogP contribution in [0.5, 0.6) is 5.75 Å². The van der Waals surface area contributed by atoms with Crippen molar-refractivity contribution in [2.75, 3.05) is 19.0 Å². The van der Waals surface area contributed by atoms with Gasteiger partial charge in [-0.25, -0.2) is 0 Å². The average Bonchev–Trinajstić information content (AvgIpc) is 2.53. The zero-order valence-electron chi connectivity index (χ0n) is 12.9. The predicted molar refractivity (Wildman–Crippen MR) is 94.5 cm³/mol. The molecular weight excluding hydrogens is 335 g/mol. The fourth-order valence-corrected chi connectivity index (χ4v) is 2.69. The topological polar surface area (TPSA) is 50.4 Å². The molecule has 2 aromatic rings. The summed E-state index contributed by atoms with van der Waals surface area (Å²) in [6, 6.07) is 12.4. The third-order valence-corrected chi connectivity index (χ3v) is 3.91. The van der Waals surface area contributed by atoms with Crippen molar-refractivity contribution < 1.29 is 9.53 Å². The molecule has 0 fully saturated rings. The normalized spacial score (nSPS) is 11.8. The minimum Gasteiger partial charge on any atom is -0.497 e. The van der Waals surface area contributed by atoms with E-state index in [1.54, 1.807) is 31.4 Å². The summed E-state index contributed by atoms with van der Waals surface area (Å²) < 4.78 is 5.12. The number of amides is 1. The number of nitrogens with one attached hydrogen (secondary N) is 2. The smallest absolute Gasteiger partial charge is 0.238 e. The van der Waals surface area contributed by atoms with Crippen molar-refractivity contribution in [3.05, 3.63) is 58.1 Å². The van der Waals surface area contributed by atoms with Crippen LogP contribution in [0.3, 0.4) is 0 Å². The van der Waals surface area contributed by atoms with E-state index in [2.05, 4.69) is 10.6 Å². The number of halogens is 2. The zero-order valence-corrected chi connectivity index (χ0v) is 14.4. The minimum atomic E-state index is -0.143.